The summed E-state index contributed by atoms with van der Waals surface area (Å²) in [6, 6.07) is 16.1. The minimum Gasteiger partial charge on any atom is -0.486 e. The summed E-state index contributed by atoms with van der Waals surface area (Å²) in [5.74, 6) is -0.00953. The van der Waals surface area contributed by atoms with Crippen molar-refractivity contribution in [3.05, 3.63) is 93.2 Å². The standard InChI is InChI=1S/C22H18Cl2FN3O2/c1-14-4-2-3-5-20(14)27-22(29)28-26-12-16-10-18(23)21(19(24)11-16)30-13-15-6-8-17(25)9-7-15/h2-12H,13H2,1H3,(H2,27,28,29). The highest BCUT2D eigenvalue weighted by atomic mass is 35.5. The SMILES string of the molecule is Cc1ccccc1NC(=O)NN=Cc1cc(Cl)c(OCc2ccc(F)cc2)c(Cl)c1. The summed E-state index contributed by atoms with van der Waals surface area (Å²) in [6.45, 7) is 2.08. The van der Waals surface area contributed by atoms with Crippen LogP contribution in [0.1, 0.15) is 16.7 Å². The van der Waals surface area contributed by atoms with Gasteiger partial charge < -0.3 is 10.1 Å². The van der Waals surface area contributed by atoms with E-state index in [0.717, 1.165) is 11.1 Å². The van der Waals surface area contributed by atoms with Gasteiger partial charge in [0.1, 0.15) is 12.4 Å². The van der Waals surface area contributed by atoms with Crippen molar-refractivity contribution in [1.82, 2.24) is 5.43 Å². The third-order valence-corrected chi connectivity index (χ3v) is 4.65. The van der Waals surface area contributed by atoms with Gasteiger partial charge in [0.2, 0.25) is 0 Å². The Morgan fingerprint density at radius 1 is 1.10 bits per heavy atom. The molecule has 2 amide bonds. The van der Waals surface area contributed by atoms with Crippen LogP contribution in [0, 0.1) is 12.7 Å². The first-order valence-electron chi connectivity index (χ1n) is 8.94. The summed E-state index contributed by atoms with van der Waals surface area (Å²) < 4.78 is 18.6. The number of carbonyl (C=O) groups is 1. The molecule has 0 aliphatic carbocycles. The topological polar surface area (TPSA) is 62.7 Å². The van der Waals surface area contributed by atoms with E-state index in [0.29, 0.717) is 17.0 Å². The van der Waals surface area contributed by atoms with Gasteiger partial charge in [-0.15, -0.1) is 0 Å². The minimum absolute atomic E-state index is 0.188. The molecule has 3 aromatic carbocycles. The Morgan fingerprint density at radius 3 is 2.43 bits per heavy atom. The lowest BCUT2D eigenvalue weighted by atomic mass is 10.2. The zero-order valence-electron chi connectivity index (χ0n) is 16.0. The van der Waals surface area contributed by atoms with Gasteiger partial charge in [0.25, 0.3) is 0 Å². The van der Waals surface area contributed by atoms with Crippen LogP contribution in [0.3, 0.4) is 0 Å². The summed E-state index contributed by atoms with van der Waals surface area (Å²) in [4.78, 5) is 12.0. The van der Waals surface area contributed by atoms with Crippen molar-refractivity contribution in [2.24, 2.45) is 5.10 Å². The number of hydrogen-bond acceptors (Lipinski definition) is 3. The molecule has 0 aliphatic heterocycles. The van der Waals surface area contributed by atoms with Crippen molar-refractivity contribution in [2.45, 2.75) is 13.5 Å². The summed E-state index contributed by atoms with van der Waals surface area (Å²) in [5, 5.41) is 7.18. The molecule has 0 saturated carbocycles. The highest BCUT2D eigenvalue weighted by Crippen LogP contribution is 2.34. The number of para-hydroxylation sites is 1. The third-order valence-electron chi connectivity index (χ3n) is 4.09. The number of nitrogens with one attached hydrogen (secondary N) is 2. The van der Waals surface area contributed by atoms with E-state index in [1.807, 2.05) is 25.1 Å². The number of ether oxygens (including phenoxy) is 1. The van der Waals surface area contributed by atoms with E-state index >= 15 is 0 Å². The second-order valence-corrected chi connectivity index (χ2v) is 7.18. The van der Waals surface area contributed by atoms with Crippen molar-refractivity contribution >= 4 is 41.1 Å². The minimum atomic E-state index is -0.475. The van der Waals surface area contributed by atoms with E-state index in [2.05, 4.69) is 15.8 Å². The largest absolute Gasteiger partial charge is 0.486 e. The predicted octanol–water partition coefficient (Wildman–Crippen LogP) is 6.18. The van der Waals surface area contributed by atoms with Crippen LogP contribution < -0.4 is 15.5 Å². The van der Waals surface area contributed by atoms with E-state index in [1.165, 1.54) is 18.3 Å². The number of amides is 2. The Hall–Kier alpha value is -3.09. The lowest BCUT2D eigenvalue weighted by Crippen LogP contribution is -2.24. The fourth-order valence-electron chi connectivity index (χ4n) is 2.56. The normalized spacial score (nSPS) is 10.8. The summed E-state index contributed by atoms with van der Waals surface area (Å²) >= 11 is 12.5. The van der Waals surface area contributed by atoms with E-state index < -0.39 is 6.03 Å². The lowest BCUT2D eigenvalue weighted by molar-refractivity contribution is 0.252. The molecular weight excluding hydrogens is 428 g/mol. The molecule has 0 radical (unpaired) electrons. The number of benzene rings is 3. The van der Waals surface area contributed by atoms with Gasteiger partial charge in [-0.1, -0.05) is 53.5 Å². The van der Waals surface area contributed by atoms with Gasteiger partial charge in [-0.3, -0.25) is 0 Å². The van der Waals surface area contributed by atoms with Crippen molar-refractivity contribution in [3.8, 4) is 5.75 Å². The molecular formula is C22H18Cl2FN3O2. The zero-order valence-corrected chi connectivity index (χ0v) is 17.5. The number of carbonyl (C=O) groups excluding carboxylic acids is 1. The maximum atomic E-state index is 13.0. The molecule has 0 aromatic heterocycles. The predicted molar refractivity (Wildman–Crippen MR) is 118 cm³/mol. The van der Waals surface area contributed by atoms with E-state index in [4.69, 9.17) is 27.9 Å². The number of urea groups is 1. The maximum absolute atomic E-state index is 13.0. The average Bonchev–Trinajstić information content (AvgIpc) is 2.70. The molecule has 0 unspecified atom stereocenters. The molecule has 3 aromatic rings. The van der Waals surface area contributed by atoms with Gasteiger partial charge in [0.05, 0.1) is 16.3 Å². The van der Waals surface area contributed by atoms with Gasteiger partial charge >= 0.3 is 6.03 Å². The Labute approximate surface area is 183 Å². The number of hydrogen-bond donors (Lipinski definition) is 2. The first-order valence-corrected chi connectivity index (χ1v) is 9.70. The highest BCUT2D eigenvalue weighted by Gasteiger charge is 2.10. The number of halogens is 3. The molecule has 0 atom stereocenters. The summed E-state index contributed by atoms with van der Waals surface area (Å²) in [5.41, 5.74) is 5.37. The van der Waals surface area contributed by atoms with Crippen LogP contribution in [0.2, 0.25) is 10.0 Å². The smallest absolute Gasteiger partial charge is 0.339 e. The lowest BCUT2D eigenvalue weighted by Gasteiger charge is -2.11. The zero-order chi connectivity index (χ0) is 21.5. The quantitative estimate of drug-likeness (QED) is 0.351. The fourth-order valence-corrected chi connectivity index (χ4v) is 3.17. The summed E-state index contributed by atoms with van der Waals surface area (Å²) in [7, 11) is 0. The molecule has 0 saturated heterocycles. The molecule has 3 rings (SSSR count). The third kappa shape index (κ3) is 5.95. The van der Waals surface area contributed by atoms with Gasteiger partial charge in [0.15, 0.2) is 5.75 Å². The average molecular weight is 446 g/mol. The van der Waals surface area contributed by atoms with Crippen LogP contribution in [0.15, 0.2) is 65.8 Å². The molecule has 2 N–H and O–H groups in total. The van der Waals surface area contributed by atoms with Crippen LogP contribution in [0.5, 0.6) is 5.75 Å². The number of anilines is 1. The number of aryl methyl sites for hydroxylation is 1. The van der Waals surface area contributed by atoms with Gasteiger partial charge in [-0.2, -0.15) is 5.10 Å². The number of rotatable bonds is 6. The number of nitrogens with zero attached hydrogens (tertiary/aromatic N) is 1. The first-order chi connectivity index (χ1) is 14.4. The van der Waals surface area contributed by atoms with E-state index in [1.54, 1.807) is 30.3 Å². The van der Waals surface area contributed by atoms with Crippen LogP contribution in [-0.4, -0.2) is 12.2 Å². The highest BCUT2D eigenvalue weighted by molar-refractivity contribution is 6.37. The molecule has 5 nitrogen and oxygen atoms in total. The van der Waals surface area contributed by atoms with Gasteiger partial charge in [0, 0.05) is 5.69 Å². The Bertz CT molecular complexity index is 1050. The van der Waals surface area contributed by atoms with Crippen LogP contribution in [0.25, 0.3) is 0 Å². The fraction of sp³-hybridized carbons (Fsp3) is 0.0909. The molecule has 0 fully saturated rings. The molecule has 0 heterocycles. The Morgan fingerprint density at radius 2 is 1.77 bits per heavy atom. The van der Waals surface area contributed by atoms with Crippen LogP contribution in [-0.2, 0) is 6.61 Å². The molecule has 154 valence electrons. The van der Waals surface area contributed by atoms with Gasteiger partial charge in [-0.25, -0.2) is 14.6 Å². The van der Waals surface area contributed by atoms with Crippen LogP contribution in [0.4, 0.5) is 14.9 Å². The maximum Gasteiger partial charge on any atom is 0.339 e. The van der Waals surface area contributed by atoms with E-state index in [9.17, 15) is 9.18 Å². The first kappa shape index (κ1) is 21.6. The molecule has 30 heavy (non-hydrogen) atoms. The van der Waals surface area contributed by atoms with Crippen LogP contribution >= 0.6 is 23.2 Å². The van der Waals surface area contributed by atoms with Crippen molar-refractivity contribution in [2.75, 3.05) is 5.32 Å². The molecule has 0 spiro atoms. The molecule has 8 heteroatoms. The van der Waals surface area contributed by atoms with Gasteiger partial charge in [-0.05, 0) is 53.9 Å². The Kier molecular flexibility index (Phi) is 7.27. The molecule has 0 aliphatic rings. The Balaban J connectivity index is 1.59. The number of hydrazone groups is 1. The summed E-state index contributed by atoms with van der Waals surface area (Å²) in [6.07, 6.45) is 1.42. The molecule has 0 bridgehead atoms. The second-order valence-electron chi connectivity index (χ2n) is 6.37. The monoisotopic (exact) mass is 445 g/mol. The van der Waals surface area contributed by atoms with Crippen molar-refractivity contribution in [1.29, 1.82) is 0 Å². The van der Waals surface area contributed by atoms with Crippen molar-refractivity contribution in [3.63, 3.8) is 0 Å². The van der Waals surface area contributed by atoms with Crippen molar-refractivity contribution < 1.29 is 13.9 Å². The second kappa shape index (κ2) is 10.1. The van der Waals surface area contributed by atoms with E-state index in [-0.39, 0.29) is 22.5 Å².